The number of pyridine rings is 1. The smallest absolute Gasteiger partial charge is 0.341 e. The fraction of sp³-hybridized carbons (Fsp3) is 0.136. The lowest BCUT2D eigenvalue weighted by molar-refractivity contribution is -0.139. The highest BCUT2D eigenvalue weighted by Gasteiger charge is 2.15. The Kier molecular flexibility index (Phi) is 5.05. The number of para-hydroxylation sites is 1. The van der Waals surface area contributed by atoms with Gasteiger partial charge in [0.25, 0.3) is 5.71 Å². The Bertz CT molecular complexity index is 1230. The second kappa shape index (κ2) is 7.82. The number of hydrogen-bond acceptors (Lipinski definition) is 6. The number of fused-ring (bicyclic) bond motifs is 1. The van der Waals surface area contributed by atoms with Gasteiger partial charge in [-0.05, 0) is 55.3 Å². The molecule has 30 heavy (non-hydrogen) atoms. The number of rotatable bonds is 6. The maximum atomic E-state index is 13.8. The van der Waals surface area contributed by atoms with Gasteiger partial charge in [-0.2, -0.15) is 4.98 Å². The summed E-state index contributed by atoms with van der Waals surface area (Å²) in [6.07, 6.45) is 0. The molecule has 0 saturated heterocycles. The second-order valence-electron chi connectivity index (χ2n) is 6.65. The Morgan fingerprint density at radius 1 is 1.10 bits per heavy atom. The van der Waals surface area contributed by atoms with E-state index in [1.807, 2.05) is 13.8 Å². The molecule has 0 atom stereocenters. The minimum atomic E-state index is -1.05. The van der Waals surface area contributed by atoms with Gasteiger partial charge in [-0.3, -0.25) is 0 Å². The number of hydrogen-bond donors (Lipinski definition) is 1. The van der Waals surface area contributed by atoms with Crippen molar-refractivity contribution in [2.75, 3.05) is 6.61 Å². The van der Waals surface area contributed by atoms with Crippen LogP contribution >= 0.6 is 0 Å². The molecule has 4 aromatic rings. The molecule has 152 valence electrons. The zero-order valence-electron chi connectivity index (χ0n) is 16.2. The van der Waals surface area contributed by atoms with Crippen LogP contribution in [0.1, 0.15) is 11.1 Å². The molecule has 2 aromatic heterocycles. The summed E-state index contributed by atoms with van der Waals surface area (Å²) in [5.41, 5.74) is 2.98. The molecule has 1 N–H and O–H groups in total. The summed E-state index contributed by atoms with van der Waals surface area (Å²) in [4.78, 5) is 19.5. The van der Waals surface area contributed by atoms with E-state index in [0.29, 0.717) is 22.7 Å². The Hall–Kier alpha value is -3.94. The molecule has 2 heterocycles. The molecule has 0 fully saturated rings. The number of oxazole rings is 1. The number of nitrogens with zero attached hydrogens (tertiary/aromatic N) is 2. The van der Waals surface area contributed by atoms with E-state index in [1.165, 1.54) is 12.1 Å². The standard InChI is InChI=1S/C22H17FN2O5/c1-12-9-14(10-13(2)20(12)28-11-19(26)27)21-24-16-7-8-18(25-22(16)30-21)29-17-6-4-3-5-15(17)23/h3-10H,11H2,1-2H3,(H,26,27). The topological polar surface area (TPSA) is 94.7 Å². The van der Waals surface area contributed by atoms with Crippen molar-refractivity contribution in [3.63, 3.8) is 0 Å². The largest absolute Gasteiger partial charge is 0.481 e. The molecule has 0 aliphatic carbocycles. The summed E-state index contributed by atoms with van der Waals surface area (Å²) in [7, 11) is 0. The predicted molar refractivity (Wildman–Crippen MR) is 106 cm³/mol. The van der Waals surface area contributed by atoms with E-state index in [4.69, 9.17) is 19.0 Å². The molecular weight excluding hydrogens is 391 g/mol. The number of aromatic nitrogens is 2. The van der Waals surface area contributed by atoms with Crippen molar-refractivity contribution in [3.05, 3.63) is 65.5 Å². The highest BCUT2D eigenvalue weighted by molar-refractivity contribution is 5.74. The van der Waals surface area contributed by atoms with Crippen LogP contribution in [0.15, 0.2) is 52.9 Å². The highest BCUT2D eigenvalue weighted by Crippen LogP contribution is 2.32. The molecule has 0 saturated carbocycles. The lowest BCUT2D eigenvalue weighted by Crippen LogP contribution is -2.10. The molecule has 7 nitrogen and oxygen atoms in total. The first kappa shape index (κ1) is 19.4. The van der Waals surface area contributed by atoms with Gasteiger partial charge in [0.1, 0.15) is 11.3 Å². The number of ether oxygens (including phenoxy) is 2. The van der Waals surface area contributed by atoms with Crippen LogP contribution in [0.5, 0.6) is 17.4 Å². The fourth-order valence-electron chi connectivity index (χ4n) is 3.06. The molecule has 0 aliphatic rings. The highest BCUT2D eigenvalue weighted by atomic mass is 19.1. The van der Waals surface area contributed by atoms with E-state index in [1.54, 1.807) is 36.4 Å². The number of halogens is 1. The van der Waals surface area contributed by atoms with Crippen LogP contribution in [0, 0.1) is 19.7 Å². The van der Waals surface area contributed by atoms with Crippen molar-refractivity contribution in [2.24, 2.45) is 0 Å². The van der Waals surface area contributed by atoms with Crippen LogP contribution < -0.4 is 9.47 Å². The Balaban J connectivity index is 1.64. The van der Waals surface area contributed by atoms with Crippen LogP contribution in [0.3, 0.4) is 0 Å². The van der Waals surface area contributed by atoms with Gasteiger partial charge in [0.05, 0.1) is 0 Å². The van der Waals surface area contributed by atoms with Crippen molar-refractivity contribution < 1.29 is 28.2 Å². The number of carbonyl (C=O) groups is 1. The van der Waals surface area contributed by atoms with Crippen molar-refractivity contribution >= 4 is 17.2 Å². The van der Waals surface area contributed by atoms with Crippen molar-refractivity contribution in [1.29, 1.82) is 0 Å². The molecule has 0 radical (unpaired) electrons. The summed E-state index contributed by atoms with van der Waals surface area (Å²) in [6, 6.07) is 12.9. The van der Waals surface area contributed by atoms with Crippen molar-refractivity contribution in [1.82, 2.24) is 9.97 Å². The summed E-state index contributed by atoms with van der Waals surface area (Å²) in [6.45, 7) is 3.21. The van der Waals surface area contributed by atoms with Crippen molar-refractivity contribution in [2.45, 2.75) is 13.8 Å². The van der Waals surface area contributed by atoms with Crippen LogP contribution in [-0.4, -0.2) is 27.7 Å². The zero-order valence-corrected chi connectivity index (χ0v) is 16.2. The summed E-state index contributed by atoms with van der Waals surface area (Å²) in [5.74, 6) is -0.440. The van der Waals surface area contributed by atoms with Crippen LogP contribution in [0.4, 0.5) is 4.39 Å². The zero-order chi connectivity index (χ0) is 21.3. The molecule has 4 rings (SSSR count). The van der Waals surface area contributed by atoms with E-state index in [-0.39, 0.29) is 17.3 Å². The Labute approximate surface area is 170 Å². The average Bonchev–Trinajstić information content (AvgIpc) is 3.12. The lowest BCUT2D eigenvalue weighted by Gasteiger charge is -2.11. The third-order valence-electron chi connectivity index (χ3n) is 4.33. The van der Waals surface area contributed by atoms with E-state index in [2.05, 4.69) is 9.97 Å². The minimum absolute atomic E-state index is 0.0623. The molecule has 0 bridgehead atoms. The van der Waals surface area contributed by atoms with E-state index >= 15 is 0 Å². The SMILES string of the molecule is Cc1cc(-c2nc3ccc(Oc4ccccc4F)nc3o2)cc(C)c1OCC(=O)O. The molecule has 8 heteroatoms. The minimum Gasteiger partial charge on any atom is -0.481 e. The van der Waals surface area contributed by atoms with Gasteiger partial charge in [-0.15, -0.1) is 0 Å². The molecule has 0 aliphatic heterocycles. The van der Waals surface area contributed by atoms with Crippen molar-refractivity contribution in [3.8, 4) is 28.8 Å². The Morgan fingerprint density at radius 3 is 2.53 bits per heavy atom. The van der Waals surface area contributed by atoms with Gasteiger partial charge >= 0.3 is 5.97 Å². The number of carboxylic acid groups (broad SMARTS) is 1. The molecule has 0 spiro atoms. The number of carboxylic acids is 1. The second-order valence-corrected chi connectivity index (χ2v) is 6.65. The number of aliphatic carboxylic acids is 1. The normalized spacial score (nSPS) is 10.9. The Morgan fingerprint density at radius 2 is 1.83 bits per heavy atom. The van der Waals surface area contributed by atoms with Gasteiger partial charge in [-0.1, -0.05) is 12.1 Å². The van der Waals surface area contributed by atoms with E-state index in [0.717, 1.165) is 11.1 Å². The molecule has 0 unspecified atom stereocenters. The molecular formula is C22H17FN2O5. The quantitative estimate of drug-likeness (QED) is 0.485. The first-order chi connectivity index (χ1) is 14.4. The van der Waals surface area contributed by atoms with Crippen LogP contribution in [-0.2, 0) is 4.79 Å². The van der Waals surface area contributed by atoms with Gasteiger partial charge in [0.2, 0.25) is 11.8 Å². The first-order valence-corrected chi connectivity index (χ1v) is 9.07. The van der Waals surface area contributed by atoms with Gasteiger partial charge in [0.15, 0.2) is 18.2 Å². The first-order valence-electron chi connectivity index (χ1n) is 9.07. The monoisotopic (exact) mass is 408 g/mol. The molecule has 2 aromatic carbocycles. The number of aryl methyl sites for hydroxylation is 2. The van der Waals surface area contributed by atoms with E-state index < -0.39 is 18.4 Å². The number of benzene rings is 2. The predicted octanol–water partition coefficient (Wildman–Crippen LogP) is 4.90. The summed E-state index contributed by atoms with van der Waals surface area (Å²) in [5, 5.41) is 8.81. The maximum Gasteiger partial charge on any atom is 0.341 e. The lowest BCUT2D eigenvalue weighted by atomic mass is 10.1. The average molecular weight is 408 g/mol. The summed E-state index contributed by atoms with van der Waals surface area (Å²) < 4.78 is 30.4. The van der Waals surface area contributed by atoms with E-state index in [9.17, 15) is 9.18 Å². The third kappa shape index (κ3) is 3.93. The van der Waals surface area contributed by atoms with Gasteiger partial charge in [0, 0.05) is 11.6 Å². The van der Waals surface area contributed by atoms with Gasteiger partial charge in [-0.25, -0.2) is 14.2 Å². The third-order valence-corrected chi connectivity index (χ3v) is 4.33. The van der Waals surface area contributed by atoms with Crippen LogP contribution in [0.25, 0.3) is 22.7 Å². The maximum absolute atomic E-state index is 13.8. The fourth-order valence-corrected chi connectivity index (χ4v) is 3.06. The van der Waals surface area contributed by atoms with Crippen LogP contribution in [0.2, 0.25) is 0 Å². The van der Waals surface area contributed by atoms with Gasteiger partial charge < -0.3 is 19.0 Å². The summed E-state index contributed by atoms with van der Waals surface area (Å²) >= 11 is 0. The molecule has 0 amide bonds.